The average molecular weight is 118 g/mol. The summed E-state index contributed by atoms with van der Waals surface area (Å²) < 4.78 is 0. The lowest BCUT2D eigenvalue weighted by molar-refractivity contribution is 1.15. The summed E-state index contributed by atoms with van der Waals surface area (Å²) in [6.45, 7) is 4.35. The van der Waals surface area contributed by atoms with Crippen molar-refractivity contribution < 1.29 is 0 Å². The molecule has 7 heavy (non-hydrogen) atoms. The second-order valence-electron chi connectivity index (χ2n) is 0.781. The lowest BCUT2D eigenvalue weighted by Crippen LogP contribution is -1.64. The maximum absolute atomic E-state index is 6.00. The van der Waals surface area contributed by atoms with Gasteiger partial charge in [0.25, 0.3) is 0 Å². The molecular weight excluding hydrogens is 108 g/mol. The maximum Gasteiger partial charge on any atom is 0 e. The van der Waals surface area contributed by atoms with Gasteiger partial charge < -0.3 is 0 Å². The summed E-state index contributed by atoms with van der Waals surface area (Å²) in [5.74, 6) is 2.52. The van der Waals surface area contributed by atoms with Gasteiger partial charge in [-0.05, 0) is 11.5 Å². The van der Waals surface area contributed by atoms with Crippen LogP contribution in [0.1, 0.15) is 13.8 Å². The SMILES string of the molecule is CCSCC.N#N. The minimum atomic E-state index is 1.26. The molecule has 0 fully saturated rings. The van der Waals surface area contributed by atoms with E-state index in [0.717, 1.165) is 0 Å². The van der Waals surface area contributed by atoms with Gasteiger partial charge >= 0.3 is 0 Å². The Balaban J connectivity index is 0. The Hall–Kier alpha value is -0.230. The fourth-order valence-corrected chi connectivity index (χ4v) is 0.612. The molecule has 0 unspecified atom stereocenters. The van der Waals surface area contributed by atoms with E-state index in [-0.39, 0.29) is 0 Å². The second-order valence-corrected chi connectivity index (χ2v) is 2.34. The third-order valence-corrected chi connectivity index (χ3v) is 1.22. The van der Waals surface area contributed by atoms with Crippen LogP contribution in [0.25, 0.3) is 0 Å². The number of hydrogen-bond donors (Lipinski definition) is 0. The Bertz CT molecular complexity index is 33.9. The van der Waals surface area contributed by atoms with Crippen LogP contribution in [0, 0.1) is 10.8 Å². The van der Waals surface area contributed by atoms with Crippen molar-refractivity contribution in [2.45, 2.75) is 13.8 Å². The summed E-state index contributed by atoms with van der Waals surface area (Å²) in [6.07, 6.45) is 0. The molecule has 0 N–H and O–H groups in total. The zero-order chi connectivity index (χ0) is 6.12. The lowest BCUT2D eigenvalue weighted by Gasteiger charge is -1.80. The summed E-state index contributed by atoms with van der Waals surface area (Å²) in [6, 6.07) is 0. The van der Waals surface area contributed by atoms with Crippen LogP contribution in [-0.4, -0.2) is 11.5 Å². The number of rotatable bonds is 2. The average Bonchev–Trinajstić information content (AvgIpc) is 1.75. The van der Waals surface area contributed by atoms with E-state index in [1.165, 1.54) is 11.5 Å². The minimum absolute atomic E-state index is 1.26. The Morgan fingerprint density at radius 1 is 1.14 bits per heavy atom. The van der Waals surface area contributed by atoms with E-state index in [4.69, 9.17) is 10.8 Å². The topological polar surface area (TPSA) is 47.6 Å². The molecule has 0 atom stereocenters. The van der Waals surface area contributed by atoms with Crippen molar-refractivity contribution in [1.29, 1.82) is 10.8 Å². The molecule has 0 saturated carbocycles. The molecule has 0 aromatic rings. The van der Waals surface area contributed by atoms with E-state index in [1.807, 2.05) is 11.8 Å². The van der Waals surface area contributed by atoms with E-state index < -0.39 is 0 Å². The van der Waals surface area contributed by atoms with Gasteiger partial charge in [-0.3, -0.25) is 0 Å². The predicted molar refractivity (Wildman–Crippen MR) is 32.1 cm³/mol. The van der Waals surface area contributed by atoms with Crippen molar-refractivity contribution in [3.63, 3.8) is 0 Å². The molecule has 0 aliphatic carbocycles. The first-order chi connectivity index (χ1) is 3.41. The van der Waals surface area contributed by atoms with Crippen molar-refractivity contribution in [3.8, 4) is 0 Å². The van der Waals surface area contributed by atoms with Crippen LogP contribution < -0.4 is 0 Å². The molecule has 2 nitrogen and oxygen atoms in total. The van der Waals surface area contributed by atoms with E-state index >= 15 is 0 Å². The first-order valence-electron chi connectivity index (χ1n) is 2.19. The summed E-state index contributed by atoms with van der Waals surface area (Å²) in [4.78, 5) is 0. The summed E-state index contributed by atoms with van der Waals surface area (Å²) in [5.41, 5.74) is 0. The molecule has 0 spiro atoms. The summed E-state index contributed by atoms with van der Waals surface area (Å²) in [5, 5.41) is 12.0. The Morgan fingerprint density at radius 2 is 1.43 bits per heavy atom. The van der Waals surface area contributed by atoms with Crippen LogP contribution >= 0.6 is 11.8 Å². The van der Waals surface area contributed by atoms with Crippen molar-refractivity contribution in [2.24, 2.45) is 0 Å². The Labute approximate surface area is 48.7 Å². The van der Waals surface area contributed by atoms with E-state index in [2.05, 4.69) is 13.8 Å². The third kappa shape index (κ3) is 26.2. The number of nitrogens with zero attached hydrogens (tertiary/aromatic N) is 2. The maximum atomic E-state index is 6.00. The highest BCUT2D eigenvalue weighted by Crippen LogP contribution is 1.93. The third-order valence-electron chi connectivity index (χ3n) is 0.408. The molecule has 0 aromatic heterocycles. The smallest absolute Gasteiger partial charge is 0 e. The second kappa shape index (κ2) is 17.1. The molecular formula is C4H10N2S. The van der Waals surface area contributed by atoms with Crippen molar-refractivity contribution in [2.75, 3.05) is 11.5 Å². The van der Waals surface area contributed by atoms with Crippen molar-refractivity contribution >= 4 is 11.8 Å². The van der Waals surface area contributed by atoms with Gasteiger partial charge in [0.05, 0.1) is 0 Å². The summed E-state index contributed by atoms with van der Waals surface area (Å²) in [7, 11) is 0. The monoisotopic (exact) mass is 118 g/mol. The van der Waals surface area contributed by atoms with Gasteiger partial charge in [0.1, 0.15) is 0 Å². The molecule has 42 valence electrons. The molecule has 0 bridgehead atoms. The molecule has 0 radical (unpaired) electrons. The van der Waals surface area contributed by atoms with Crippen LogP contribution in [0.2, 0.25) is 0 Å². The minimum Gasteiger partial charge on any atom is -0.163 e. The highest BCUT2D eigenvalue weighted by atomic mass is 32.2. The Kier molecular flexibility index (Phi) is 24.2. The van der Waals surface area contributed by atoms with Crippen molar-refractivity contribution in [1.82, 2.24) is 0 Å². The van der Waals surface area contributed by atoms with Gasteiger partial charge in [0.15, 0.2) is 0 Å². The zero-order valence-electron chi connectivity index (χ0n) is 4.72. The molecule has 3 heteroatoms. The van der Waals surface area contributed by atoms with Gasteiger partial charge in [-0.1, -0.05) is 13.8 Å². The van der Waals surface area contributed by atoms with Crippen molar-refractivity contribution in [3.05, 3.63) is 0 Å². The summed E-state index contributed by atoms with van der Waals surface area (Å²) >= 11 is 1.96. The first kappa shape index (κ1) is 9.91. The van der Waals surface area contributed by atoms with Crippen LogP contribution in [0.15, 0.2) is 0 Å². The number of hydrogen-bond acceptors (Lipinski definition) is 3. The molecule has 0 saturated heterocycles. The van der Waals surface area contributed by atoms with Gasteiger partial charge in [0.2, 0.25) is 0 Å². The zero-order valence-corrected chi connectivity index (χ0v) is 5.53. The van der Waals surface area contributed by atoms with Crippen LogP contribution in [0.4, 0.5) is 0 Å². The standard InChI is InChI=1S/C4H10S.N2/c1-3-5-4-2;1-2/h3-4H2,1-2H3;. The Morgan fingerprint density at radius 3 is 1.43 bits per heavy atom. The molecule has 0 aromatic carbocycles. The van der Waals surface area contributed by atoms with E-state index in [0.29, 0.717) is 0 Å². The van der Waals surface area contributed by atoms with Gasteiger partial charge in [-0.2, -0.15) is 11.8 Å². The largest absolute Gasteiger partial charge is 0.163 e. The normalized spacial score (nSPS) is 6.29. The van der Waals surface area contributed by atoms with Crippen LogP contribution in [0.3, 0.4) is 0 Å². The van der Waals surface area contributed by atoms with E-state index in [1.54, 1.807) is 0 Å². The molecule has 0 aliphatic heterocycles. The molecule has 0 aliphatic rings. The highest BCUT2D eigenvalue weighted by molar-refractivity contribution is 7.99. The highest BCUT2D eigenvalue weighted by Gasteiger charge is 1.67. The quantitative estimate of drug-likeness (QED) is 0.519. The number of thioether (sulfide) groups is 1. The molecule has 0 amide bonds. The first-order valence-corrected chi connectivity index (χ1v) is 3.35. The van der Waals surface area contributed by atoms with Gasteiger partial charge in [-0.15, -0.1) is 0 Å². The van der Waals surface area contributed by atoms with Crippen LogP contribution in [0.5, 0.6) is 0 Å². The fourth-order valence-electron chi connectivity index (χ4n) is 0.204. The molecule has 0 heterocycles. The predicted octanol–water partition coefficient (Wildman–Crippen LogP) is 1.79. The van der Waals surface area contributed by atoms with Gasteiger partial charge in [-0.25, -0.2) is 0 Å². The molecule has 0 rings (SSSR count). The van der Waals surface area contributed by atoms with Gasteiger partial charge in [0, 0.05) is 10.8 Å². The van der Waals surface area contributed by atoms with Crippen LogP contribution in [-0.2, 0) is 0 Å². The lowest BCUT2D eigenvalue weighted by atomic mass is 11.0. The fraction of sp³-hybridized carbons (Fsp3) is 1.00. The van der Waals surface area contributed by atoms with E-state index in [9.17, 15) is 0 Å².